The first-order valence-corrected chi connectivity index (χ1v) is 8.09. The summed E-state index contributed by atoms with van der Waals surface area (Å²) >= 11 is 0. The molecule has 5 heteroatoms. The van der Waals surface area contributed by atoms with Gasteiger partial charge in [0.25, 0.3) is 0 Å². The highest BCUT2D eigenvalue weighted by molar-refractivity contribution is 5.78. The van der Waals surface area contributed by atoms with Gasteiger partial charge in [-0.25, -0.2) is 0 Å². The molecule has 1 aromatic rings. The predicted octanol–water partition coefficient (Wildman–Crippen LogP) is 2.02. The minimum Gasteiger partial charge on any atom is -0.493 e. The van der Waals surface area contributed by atoms with E-state index >= 15 is 0 Å². The van der Waals surface area contributed by atoms with Gasteiger partial charge in [-0.3, -0.25) is 9.69 Å². The summed E-state index contributed by atoms with van der Waals surface area (Å²) in [4.78, 5) is 14.3. The smallest absolute Gasteiger partial charge is 0.234 e. The van der Waals surface area contributed by atoms with Crippen LogP contribution in [0.1, 0.15) is 31.9 Å². The number of ether oxygens (including phenoxy) is 2. The Bertz CT molecular complexity index is 529. The molecule has 5 nitrogen and oxygen atoms in total. The summed E-state index contributed by atoms with van der Waals surface area (Å²) in [5, 5.41) is 3.02. The lowest BCUT2D eigenvalue weighted by atomic mass is 10.0. The third-order valence-electron chi connectivity index (χ3n) is 3.98. The van der Waals surface area contributed by atoms with Gasteiger partial charge in [0, 0.05) is 18.6 Å². The van der Waals surface area contributed by atoms with Crippen LogP contribution in [0.15, 0.2) is 12.1 Å². The summed E-state index contributed by atoms with van der Waals surface area (Å²) in [5.74, 6) is 1.62. The van der Waals surface area contributed by atoms with Crippen molar-refractivity contribution < 1.29 is 14.3 Å². The van der Waals surface area contributed by atoms with Crippen molar-refractivity contribution in [3.05, 3.63) is 23.3 Å². The lowest BCUT2D eigenvalue weighted by molar-refractivity contribution is -0.123. The van der Waals surface area contributed by atoms with Crippen molar-refractivity contribution in [1.82, 2.24) is 10.2 Å². The molecule has 1 aromatic carbocycles. The number of carbonyl (C=O) groups is 1. The van der Waals surface area contributed by atoms with Gasteiger partial charge < -0.3 is 14.8 Å². The highest BCUT2D eigenvalue weighted by Gasteiger charge is 2.20. The number of nitrogens with one attached hydrogen (secondary N) is 1. The number of hydrogen-bond acceptors (Lipinski definition) is 4. The maximum absolute atomic E-state index is 12.1. The van der Waals surface area contributed by atoms with Gasteiger partial charge >= 0.3 is 0 Å². The molecule has 128 valence electrons. The number of rotatable bonds is 4. The fourth-order valence-corrected chi connectivity index (χ4v) is 2.92. The van der Waals surface area contributed by atoms with Crippen LogP contribution in [-0.4, -0.2) is 50.2 Å². The van der Waals surface area contributed by atoms with E-state index in [0.29, 0.717) is 6.54 Å². The maximum atomic E-state index is 12.1. The van der Waals surface area contributed by atoms with Gasteiger partial charge in [0.2, 0.25) is 5.91 Å². The lowest BCUT2D eigenvalue weighted by Crippen LogP contribution is -2.46. The van der Waals surface area contributed by atoms with E-state index in [1.807, 2.05) is 20.8 Å². The molecule has 0 fully saturated rings. The third kappa shape index (κ3) is 4.86. The molecule has 0 aromatic heterocycles. The third-order valence-corrected chi connectivity index (χ3v) is 3.98. The standard InChI is InChI=1S/C18H28N2O3/c1-18(2,3)19-17(21)12-20-8-6-13-10-15(22-4)16(23-5)11-14(13)7-9-20/h10-11H,6-9,12H2,1-5H3,(H,19,21). The molecule has 23 heavy (non-hydrogen) atoms. The molecule has 0 aliphatic carbocycles. The van der Waals surface area contributed by atoms with Gasteiger partial charge in [-0.1, -0.05) is 0 Å². The van der Waals surface area contributed by atoms with Crippen molar-refractivity contribution in [3.8, 4) is 11.5 Å². The van der Waals surface area contributed by atoms with Crippen LogP contribution in [-0.2, 0) is 17.6 Å². The predicted molar refractivity (Wildman–Crippen MR) is 91.3 cm³/mol. The first-order valence-electron chi connectivity index (χ1n) is 8.09. The quantitative estimate of drug-likeness (QED) is 0.922. The normalized spacial score (nSPS) is 15.5. The van der Waals surface area contributed by atoms with Gasteiger partial charge in [-0.05, 0) is 56.9 Å². The van der Waals surface area contributed by atoms with E-state index in [4.69, 9.17) is 9.47 Å². The van der Waals surface area contributed by atoms with E-state index in [-0.39, 0.29) is 11.4 Å². The molecule has 0 bridgehead atoms. The molecule has 0 saturated carbocycles. The van der Waals surface area contributed by atoms with E-state index < -0.39 is 0 Å². The zero-order chi connectivity index (χ0) is 17.0. The van der Waals surface area contributed by atoms with E-state index in [2.05, 4.69) is 22.3 Å². The molecule has 1 N–H and O–H groups in total. The van der Waals surface area contributed by atoms with Gasteiger partial charge in [0.05, 0.1) is 20.8 Å². The number of nitrogens with zero attached hydrogens (tertiary/aromatic N) is 1. The van der Waals surface area contributed by atoms with Crippen LogP contribution < -0.4 is 14.8 Å². The lowest BCUT2D eigenvalue weighted by Gasteiger charge is -2.24. The minimum absolute atomic E-state index is 0.0821. The molecule has 1 heterocycles. The molecular weight excluding hydrogens is 292 g/mol. The summed E-state index contributed by atoms with van der Waals surface area (Å²) < 4.78 is 10.8. The van der Waals surface area contributed by atoms with Crippen molar-refractivity contribution in [2.45, 2.75) is 39.2 Å². The van der Waals surface area contributed by atoms with Crippen LogP contribution in [0.3, 0.4) is 0 Å². The van der Waals surface area contributed by atoms with Crippen LogP contribution >= 0.6 is 0 Å². The molecule has 1 aliphatic heterocycles. The number of fused-ring (bicyclic) bond motifs is 1. The Kier molecular flexibility index (Phi) is 5.52. The molecule has 1 aliphatic rings. The Balaban J connectivity index is 2.04. The van der Waals surface area contributed by atoms with E-state index in [1.54, 1.807) is 14.2 Å². The van der Waals surface area contributed by atoms with Gasteiger partial charge in [-0.2, -0.15) is 0 Å². The molecular formula is C18H28N2O3. The second kappa shape index (κ2) is 7.21. The van der Waals surface area contributed by atoms with Gasteiger partial charge in [-0.15, -0.1) is 0 Å². The second-order valence-electron chi connectivity index (χ2n) is 7.05. The van der Waals surface area contributed by atoms with E-state index in [1.165, 1.54) is 11.1 Å². The topological polar surface area (TPSA) is 50.8 Å². The summed E-state index contributed by atoms with van der Waals surface area (Å²) in [6.45, 7) is 8.20. The van der Waals surface area contributed by atoms with E-state index in [9.17, 15) is 4.79 Å². The van der Waals surface area contributed by atoms with Crippen molar-refractivity contribution in [2.24, 2.45) is 0 Å². The Hall–Kier alpha value is -1.75. The van der Waals surface area contributed by atoms with Crippen LogP contribution in [0.4, 0.5) is 0 Å². The average Bonchev–Trinajstić information content (AvgIpc) is 2.66. The Morgan fingerprint density at radius 3 is 1.96 bits per heavy atom. The molecule has 0 unspecified atom stereocenters. The SMILES string of the molecule is COc1cc2c(cc1OC)CCN(CC(=O)NC(C)(C)C)CC2. The van der Waals surface area contributed by atoms with Crippen molar-refractivity contribution in [1.29, 1.82) is 0 Å². The average molecular weight is 320 g/mol. The maximum Gasteiger partial charge on any atom is 0.234 e. The van der Waals surface area contributed by atoms with Gasteiger partial charge in [0.15, 0.2) is 11.5 Å². The van der Waals surface area contributed by atoms with Gasteiger partial charge in [0.1, 0.15) is 0 Å². The monoisotopic (exact) mass is 320 g/mol. The fourth-order valence-electron chi connectivity index (χ4n) is 2.92. The number of benzene rings is 1. The first-order chi connectivity index (χ1) is 10.8. The first kappa shape index (κ1) is 17.6. The highest BCUT2D eigenvalue weighted by atomic mass is 16.5. The van der Waals surface area contributed by atoms with Crippen LogP contribution in [0.5, 0.6) is 11.5 Å². The Labute approximate surface area is 139 Å². The second-order valence-corrected chi connectivity index (χ2v) is 7.05. The summed E-state index contributed by atoms with van der Waals surface area (Å²) in [7, 11) is 3.31. The molecule has 0 saturated heterocycles. The number of hydrogen-bond donors (Lipinski definition) is 1. The van der Waals surface area contributed by atoms with E-state index in [0.717, 1.165) is 37.4 Å². The Morgan fingerprint density at radius 1 is 1.09 bits per heavy atom. The van der Waals surface area contributed by atoms with Crippen LogP contribution in [0.2, 0.25) is 0 Å². The van der Waals surface area contributed by atoms with Crippen LogP contribution in [0.25, 0.3) is 0 Å². The van der Waals surface area contributed by atoms with Crippen LogP contribution in [0, 0.1) is 0 Å². The molecule has 2 rings (SSSR count). The molecule has 1 amide bonds. The molecule has 0 spiro atoms. The van der Waals surface area contributed by atoms with Crippen molar-refractivity contribution in [3.63, 3.8) is 0 Å². The largest absolute Gasteiger partial charge is 0.493 e. The fraction of sp³-hybridized carbons (Fsp3) is 0.611. The zero-order valence-corrected chi connectivity index (χ0v) is 14.9. The summed E-state index contributed by atoms with van der Waals surface area (Å²) in [6.07, 6.45) is 1.83. The summed E-state index contributed by atoms with van der Waals surface area (Å²) in [5.41, 5.74) is 2.37. The Morgan fingerprint density at radius 2 is 1.57 bits per heavy atom. The molecule has 0 atom stereocenters. The number of carbonyl (C=O) groups excluding carboxylic acids is 1. The molecule has 0 radical (unpaired) electrons. The van der Waals surface area contributed by atoms with Crippen molar-refractivity contribution in [2.75, 3.05) is 33.9 Å². The number of amides is 1. The summed E-state index contributed by atoms with van der Waals surface area (Å²) in [6, 6.07) is 4.12. The van der Waals surface area contributed by atoms with Crippen molar-refractivity contribution >= 4 is 5.91 Å². The minimum atomic E-state index is -0.188. The number of methoxy groups -OCH3 is 2. The zero-order valence-electron chi connectivity index (χ0n) is 14.9. The highest BCUT2D eigenvalue weighted by Crippen LogP contribution is 2.32.